The molecule has 2 rings (SSSR count). The van der Waals surface area contributed by atoms with Crippen LogP contribution >= 0.6 is 0 Å². The highest BCUT2D eigenvalue weighted by Crippen LogP contribution is 2.27. The Hall–Kier alpha value is -1.13. The zero-order valence-corrected chi connectivity index (χ0v) is 12.9. The fraction of sp³-hybridized carbons (Fsp3) is 0.500. The molecule has 1 fully saturated rings. The van der Waals surface area contributed by atoms with Crippen molar-refractivity contribution >= 4 is 10.0 Å². The number of hydrogen-bond donors (Lipinski definition) is 0. The van der Waals surface area contributed by atoms with Crippen molar-refractivity contribution < 1.29 is 8.42 Å². The Labute approximate surface area is 122 Å². The van der Waals surface area contributed by atoms with Crippen molar-refractivity contribution in [2.75, 3.05) is 6.54 Å². The quantitative estimate of drug-likeness (QED) is 0.779. The SMILES string of the molecule is C=CCN(C1CCCCC1)S(=O)(=O)c1ccc(C)cc1. The topological polar surface area (TPSA) is 37.4 Å². The van der Waals surface area contributed by atoms with Crippen molar-refractivity contribution in [3.05, 3.63) is 42.5 Å². The monoisotopic (exact) mass is 293 g/mol. The van der Waals surface area contributed by atoms with Crippen LogP contribution in [-0.2, 0) is 10.0 Å². The lowest BCUT2D eigenvalue weighted by atomic mass is 9.95. The first kappa shape index (κ1) is 15.3. The molecule has 3 nitrogen and oxygen atoms in total. The number of rotatable bonds is 5. The Balaban J connectivity index is 2.30. The minimum Gasteiger partial charge on any atom is -0.207 e. The first-order valence-corrected chi connectivity index (χ1v) is 8.69. The minimum atomic E-state index is -3.42. The van der Waals surface area contributed by atoms with Crippen molar-refractivity contribution in [1.29, 1.82) is 0 Å². The Kier molecular flexibility index (Phi) is 5.00. The molecule has 0 spiro atoms. The van der Waals surface area contributed by atoms with Gasteiger partial charge in [0, 0.05) is 12.6 Å². The van der Waals surface area contributed by atoms with Crippen LogP contribution in [0.4, 0.5) is 0 Å². The molecule has 0 saturated heterocycles. The standard InChI is InChI=1S/C16H23NO2S/c1-3-13-17(15-7-5-4-6-8-15)20(18,19)16-11-9-14(2)10-12-16/h3,9-12,15H,1,4-8,13H2,2H3. The molecule has 0 aliphatic heterocycles. The van der Waals surface area contributed by atoms with Crippen LogP contribution in [0.15, 0.2) is 41.8 Å². The van der Waals surface area contributed by atoms with Crippen LogP contribution in [0.25, 0.3) is 0 Å². The van der Waals surface area contributed by atoms with E-state index in [0.29, 0.717) is 11.4 Å². The molecular formula is C16H23NO2S. The smallest absolute Gasteiger partial charge is 0.207 e. The molecule has 0 aromatic heterocycles. The van der Waals surface area contributed by atoms with Crippen LogP contribution < -0.4 is 0 Å². The van der Waals surface area contributed by atoms with E-state index >= 15 is 0 Å². The normalized spacial score (nSPS) is 17.3. The molecule has 4 heteroatoms. The van der Waals surface area contributed by atoms with E-state index in [9.17, 15) is 8.42 Å². The molecular weight excluding hydrogens is 270 g/mol. The summed E-state index contributed by atoms with van der Waals surface area (Å²) in [5.41, 5.74) is 1.07. The van der Waals surface area contributed by atoms with Gasteiger partial charge in [-0.15, -0.1) is 6.58 Å². The average molecular weight is 293 g/mol. The van der Waals surface area contributed by atoms with E-state index < -0.39 is 10.0 Å². The molecule has 1 aromatic rings. The molecule has 1 aliphatic carbocycles. The Morgan fingerprint density at radius 1 is 1.20 bits per heavy atom. The van der Waals surface area contributed by atoms with Crippen molar-refractivity contribution in [3.8, 4) is 0 Å². The fourth-order valence-electron chi connectivity index (χ4n) is 2.79. The average Bonchev–Trinajstić information content (AvgIpc) is 2.46. The highest BCUT2D eigenvalue weighted by atomic mass is 32.2. The predicted octanol–water partition coefficient (Wildman–Crippen LogP) is 3.50. The van der Waals surface area contributed by atoms with E-state index in [4.69, 9.17) is 0 Å². The number of hydrogen-bond acceptors (Lipinski definition) is 2. The highest BCUT2D eigenvalue weighted by molar-refractivity contribution is 7.89. The predicted molar refractivity (Wildman–Crippen MR) is 82.1 cm³/mol. The van der Waals surface area contributed by atoms with Crippen LogP contribution in [0.3, 0.4) is 0 Å². The third-order valence-electron chi connectivity index (χ3n) is 3.92. The van der Waals surface area contributed by atoms with Crippen LogP contribution in [-0.4, -0.2) is 25.3 Å². The van der Waals surface area contributed by atoms with Gasteiger partial charge in [0.2, 0.25) is 10.0 Å². The molecule has 0 atom stereocenters. The largest absolute Gasteiger partial charge is 0.243 e. The van der Waals surface area contributed by atoms with Gasteiger partial charge in [0.25, 0.3) is 0 Å². The van der Waals surface area contributed by atoms with E-state index in [1.807, 2.05) is 19.1 Å². The summed E-state index contributed by atoms with van der Waals surface area (Å²) < 4.78 is 27.3. The van der Waals surface area contributed by atoms with Crippen molar-refractivity contribution in [2.24, 2.45) is 0 Å². The number of benzene rings is 1. The maximum Gasteiger partial charge on any atom is 0.243 e. The third-order valence-corrected chi connectivity index (χ3v) is 5.85. The maximum atomic E-state index is 12.8. The minimum absolute atomic E-state index is 0.119. The molecule has 110 valence electrons. The Morgan fingerprint density at radius 3 is 2.35 bits per heavy atom. The van der Waals surface area contributed by atoms with Gasteiger partial charge >= 0.3 is 0 Å². The lowest BCUT2D eigenvalue weighted by molar-refractivity contribution is 0.269. The number of aryl methyl sites for hydroxylation is 1. The van der Waals surface area contributed by atoms with Crippen molar-refractivity contribution in [1.82, 2.24) is 4.31 Å². The molecule has 20 heavy (non-hydrogen) atoms. The van der Waals surface area contributed by atoms with Gasteiger partial charge in [0.15, 0.2) is 0 Å². The van der Waals surface area contributed by atoms with Gasteiger partial charge in [-0.2, -0.15) is 4.31 Å². The second kappa shape index (κ2) is 6.55. The second-order valence-corrected chi connectivity index (χ2v) is 7.36. The van der Waals surface area contributed by atoms with E-state index in [2.05, 4.69) is 6.58 Å². The molecule has 0 heterocycles. The van der Waals surface area contributed by atoms with Gasteiger partial charge in [0.1, 0.15) is 0 Å². The summed E-state index contributed by atoms with van der Waals surface area (Å²) in [4.78, 5) is 0.385. The second-order valence-electron chi connectivity index (χ2n) is 5.47. The van der Waals surface area contributed by atoms with E-state index in [0.717, 1.165) is 31.2 Å². The third kappa shape index (κ3) is 3.30. The molecule has 0 N–H and O–H groups in total. The Morgan fingerprint density at radius 2 is 1.80 bits per heavy atom. The summed E-state index contributed by atoms with van der Waals surface area (Å²) in [5, 5.41) is 0. The van der Waals surface area contributed by atoms with Crippen LogP contribution in [0.5, 0.6) is 0 Å². The molecule has 1 aromatic carbocycles. The van der Waals surface area contributed by atoms with Crippen molar-refractivity contribution in [3.63, 3.8) is 0 Å². The summed E-state index contributed by atoms with van der Waals surface area (Å²) >= 11 is 0. The first-order valence-electron chi connectivity index (χ1n) is 7.25. The van der Waals surface area contributed by atoms with E-state index in [-0.39, 0.29) is 6.04 Å². The van der Waals surface area contributed by atoms with Gasteiger partial charge in [-0.1, -0.05) is 43.0 Å². The van der Waals surface area contributed by atoms with Crippen LogP contribution in [0, 0.1) is 6.92 Å². The Bertz CT molecular complexity index is 542. The zero-order chi connectivity index (χ0) is 14.6. The van der Waals surface area contributed by atoms with E-state index in [1.54, 1.807) is 22.5 Å². The van der Waals surface area contributed by atoms with Crippen LogP contribution in [0.1, 0.15) is 37.7 Å². The molecule has 1 aliphatic rings. The number of sulfonamides is 1. The number of nitrogens with zero attached hydrogens (tertiary/aromatic N) is 1. The van der Waals surface area contributed by atoms with E-state index in [1.165, 1.54) is 6.42 Å². The molecule has 0 amide bonds. The fourth-order valence-corrected chi connectivity index (χ4v) is 4.44. The summed E-state index contributed by atoms with van der Waals surface area (Å²) in [6.45, 7) is 6.06. The summed E-state index contributed by atoms with van der Waals surface area (Å²) in [6.07, 6.45) is 7.03. The maximum absolute atomic E-state index is 12.8. The molecule has 1 saturated carbocycles. The van der Waals surface area contributed by atoms with Gasteiger partial charge < -0.3 is 0 Å². The lowest BCUT2D eigenvalue weighted by Gasteiger charge is -2.32. The lowest BCUT2D eigenvalue weighted by Crippen LogP contribution is -2.41. The molecule has 0 unspecified atom stereocenters. The van der Waals surface area contributed by atoms with Gasteiger partial charge in [0.05, 0.1) is 4.90 Å². The summed E-state index contributed by atoms with van der Waals surface area (Å²) in [6, 6.07) is 7.21. The summed E-state index contributed by atoms with van der Waals surface area (Å²) in [5.74, 6) is 0. The van der Waals surface area contributed by atoms with Gasteiger partial charge in [-0.25, -0.2) is 8.42 Å². The van der Waals surface area contributed by atoms with Gasteiger partial charge in [-0.3, -0.25) is 0 Å². The molecule has 0 bridgehead atoms. The zero-order valence-electron chi connectivity index (χ0n) is 12.1. The van der Waals surface area contributed by atoms with Crippen LogP contribution in [0.2, 0.25) is 0 Å². The van der Waals surface area contributed by atoms with Crippen molar-refractivity contribution in [2.45, 2.75) is 50.0 Å². The first-order chi connectivity index (χ1) is 9.55. The van der Waals surface area contributed by atoms with Gasteiger partial charge in [-0.05, 0) is 31.9 Å². The molecule has 0 radical (unpaired) electrons. The highest BCUT2D eigenvalue weighted by Gasteiger charge is 2.31. The summed E-state index contributed by atoms with van der Waals surface area (Å²) in [7, 11) is -3.42.